The first-order valence-corrected chi connectivity index (χ1v) is 12.5. The van der Waals surface area contributed by atoms with Crippen LogP contribution in [0.15, 0.2) is 60.9 Å². The number of nitrogens with one attached hydrogen (secondary N) is 1. The van der Waals surface area contributed by atoms with Gasteiger partial charge in [0.1, 0.15) is 0 Å². The third-order valence-corrected chi connectivity index (χ3v) is 7.75. The van der Waals surface area contributed by atoms with Crippen LogP contribution in [0.3, 0.4) is 0 Å². The molecule has 3 aromatic rings. The van der Waals surface area contributed by atoms with Gasteiger partial charge < -0.3 is 0 Å². The molecule has 1 atom stereocenters. The Morgan fingerprint density at radius 2 is 1.96 bits per heavy atom. The van der Waals surface area contributed by atoms with Crippen molar-refractivity contribution in [2.45, 2.75) is 16.1 Å². The molecule has 0 saturated carbocycles. The van der Waals surface area contributed by atoms with E-state index in [0.717, 1.165) is 28.7 Å². The van der Waals surface area contributed by atoms with Crippen molar-refractivity contribution >= 4 is 20.3 Å². The van der Waals surface area contributed by atoms with Crippen molar-refractivity contribution in [1.82, 2.24) is 10.2 Å². The maximum atomic E-state index is 6.05. The van der Waals surface area contributed by atoms with E-state index in [1.165, 1.54) is 10.8 Å². The second-order valence-electron chi connectivity index (χ2n) is 5.81. The molecule has 1 aromatic heterocycles. The summed E-state index contributed by atoms with van der Waals surface area (Å²) in [4.78, 5) is 0. The number of rotatable bonds is 7. The van der Waals surface area contributed by atoms with E-state index in [2.05, 4.69) is 46.2 Å². The summed E-state index contributed by atoms with van der Waals surface area (Å²) >= 11 is -0.898. The van der Waals surface area contributed by atoms with E-state index in [4.69, 9.17) is 10.5 Å². The van der Waals surface area contributed by atoms with Gasteiger partial charge in [0.25, 0.3) is 0 Å². The molecule has 0 saturated heterocycles. The molecule has 1 heterocycles. The average Bonchev–Trinajstić information content (AvgIpc) is 3.12. The van der Waals surface area contributed by atoms with Gasteiger partial charge >= 0.3 is 147 Å². The third-order valence-electron chi connectivity index (χ3n) is 3.87. The quantitative estimate of drug-likeness (QED) is 0.480. The summed E-state index contributed by atoms with van der Waals surface area (Å²) in [7, 11) is 0. The van der Waals surface area contributed by atoms with Crippen LogP contribution in [0.1, 0.15) is 5.56 Å². The van der Waals surface area contributed by atoms with Crippen LogP contribution >= 0.6 is 0 Å². The van der Waals surface area contributed by atoms with Crippen molar-refractivity contribution in [3.05, 3.63) is 66.5 Å². The molecule has 4 nitrogen and oxygen atoms in total. The number of aromatic amines is 1. The normalized spacial score (nSPS) is 12.0. The number of nitrogens with zero attached hydrogens (tertiary/aromatic N) is 1. The van der Waals surface area contributed by atoms with Gasteiger partial charge in [-0.2, -0.15) is 0 Å². The van der Waals surface area contributed by atoms with Gasteiger partial charge in [-0.05, 0) is 0 Å². The fraction of sp³-hybridized carbons (Fsp3) is 0.211. The number of anilines is 1. The molecule has 24 heavy (non-hydrogen) atoms. The van der Waals surface area contributed by atoms with Crippen LogP contribution in [0, 0.1) is 0 Å². The molecule has 0 fully saturated rings. The van der Waals surface area contributed by atoms with Crippen LogP contribution in [0.4, 0.5) is 5.69 Å². The Bertz CT molecular complexity index is 760. The summed E-state index contributed by atoms with van der Waals surface area (Å²) in [5, 5.41) is 9.16. The number of aromatic nitrogens is 2. The summed E-state index contributed by atoms with van der Waals surface area (Å²) < 4.78 is 5.96. The predicted octanol–water partition coefficient (Wildman–Crippen LogP) is 3.94. The van der Waals surface area contributed by atoms with E-state index in [0.29, 0.717) is 5.69 Å². The van der Waals surface area contributed by atoms with Crippen molar-refractivity contribution in [2.24, 2.45) is 0 Å². The first-order chi connectivity index (χ1) is 11.7. The standard InChI is InChI=1S/C19H22AsN3O/c1-20(12-15-5-3-2-4-6-15)9-10-24-19-11-16(7-8-18(19)21)17-13-22-23-14-17/h2-8,11,13-14H,9-10,12,21H2,1H3,(H,22,23). The van der Waals surface area contributed by atoms with E-state index < -0.39 is 14.7 Å². The minimum atomic E-state index is -0.898. The van der Waals surface area contributed by atoms with Crippen LogP contribution in [-0.4, -0.2) is 31.5 Å². The number of hydrogen-bond donors (Lipinski definition) is 2. The Labute approximate surface area is 147 Å². The molecule has 124 valence electrons. The van der Waals surface area contributed by atoms with Crippen LogP contribution in [0.25, 0.3) is 11.1 Å². The summed E-state index contributed by atoms with van der Waals surface area (Å²) in [6, 6.07) is 16.6. The molecule has 3 N–H and O–H groups in total. The zero-order chi connectivity index (χ0) is 16.8. The monoisotopic (exact) mass is 383 g/mol. The van der Waals surface area contributed by atoms with E-state index >= 15 is 0 Å². The van der Waals surface area contributed by atoms with Gasteiger partial charge in [0, 0.05) is 0 Å². The van der Waals surface area contributed by atoms with Crippen molar-refractivity contribution in [3.8, 4) is 16.9 Å². The van der Waals surface area contributed by atoms with E-state index in [1.807, 2.05) is 24.4 Å². The average molecular weight is 383 g/mol. The number of nitrogen functional groups attached to an aromatic ring is 1. The third kappa shape index (κ3) is 4.42. The zero-order valence-electron chi connectivity index (χ0n) is 13.8. The predicted molar refractivity (Wildman–Crippen MR) is 101 cm³/mol. The molecular weight excluding hydrogens is 361 g/mol. The number of ether oxygens (including phenoxy) is 1. The van der Waals surface area contributed by atoms with Crippen molar-refractivity contribution in [1.29, 1.82) is 0 Å². The minimum absolute atomic E-state index is 0.681. The topological polar surface area (TPSA) is 63.9 Å². The molecule has 0 amide bonds. The second-order valence-corrected chi connectivity index (χ2v) is 11.0. The Balaban J connectivity index is 1.55. The van der Waals surface area contributed by atoms with Gasteiger partial charge in [-0.3, -0.25) is 0 Å². The number of benzene rings is 2. The molecule has 0 bridgehead atoms. The number of nitrogens with two attached hydrogens (primary N) is 1. The SMILES string of the molecule is C[As](CCOc1cc(-c2cn[nH]c2)ccc1N)Cc1ccccc1. The summed E-state index contributed by atoms with van der Waals surface area (Å²) in [6.45, 7) is 0.725. The fourth-order valence-electron chi connectivity index (χ4n) is 2.53. The Morgan fingerprint density at radius 3 is 2.71 bits per heavy atom. The van der Waals surface area contributed by atoms with Crippen molar-refractivity contribution in [2.75, 3.05) is 12.3 Å². The Hall–Kier alpha value is -2.19. The molecule has 5 heteroatoms. The maximum absolute atomic E-state index is 6.05. The summed E-state index contributed by atoms with van der Waals surface area (Å²) in [5.41, 5.74) is 12.6. The van der Waals surface area contributed by atoms with Gasteiger partial charge in [-0.1, -0.05) is 0 Å². The molecule has 0 radical (unpaired) electrons. The van der Waals surface area contributed by atoms with Crippen LogP contribution in [0.2, 0.25) is 10.9 Å². The van der Waals surface area contributed by atoms with Gasteiger partial charge in [0.15, 0.2) is 0 Å². The summed E-state index contributed by atoms with van der Waals surface area (Å²) in [5.74, 6) is 0.760. The van der Waals surface area contributed by atoms with Crippen LogP contribution < -0.4 is 10.5 Å². The van der Waals surface area contributed by atoms with Crippen molar-refractivity contribution in [3.63, 3.8) is 0 Å². The number of H-pyrrole nitrogens is 1. The molecule has 1 unspecified atom stereocenters. The van der Waals surface area contributed by atoms with Gasteiger partial charge in [-0.15, -0.1) is 0 Å². The van der Waals surface area contributed by atoms with Gasteiger partial charge in [0.2, 0.25) is 0 Å². The fourth-order valence-corrected chi connectivity index (χ4v) is 5.46. The van der Waals surface area contributed by atoms with Gasteiger partial charge in [0.05, 0.1) is 0 Å². The van der Waals surface area contributed by atoms with Crippen molar-refractivity contribution < 1.29 is 4.74 Å². The van der Waals surface area contributed by atoms with E-state index in [9.17, 15) is 0 Å². The Morgan fingerprint density at radius 1 is 1.12 bits per heavy atom. The van der Waals surface area contributed by atoms with E-state index in [-0.39, 0.29) is 0 Å². The molecule has 0 aliphatic rings. The van der Waals surface area contributed by atoms with Crippen LogP contribution in [0.5, 0.6) is 5.75 Å². The molecule has 0 aliphatic heterocycles. The van der Waals surface area contributed by atoms with Crippen LogP contribution in [-0.2, 0) is 5.21 Å². The first-order valence-electron chi connectivity index (χ1n) is 7.96. The number of hydrogen-bond acceptors (Lipinski definition) is 3. The first kappa shape index (κ1) is 16.7. The molecule has 0 spiro atoms. The molecule has 2 aromatic carbocycles. The Kier molecular flexibility index (Phi) is 5.60. The van der Waals surface area contributed by atoms with E-state index in [1.54, 1.807) is 6.20 Å². The van der Waals surface area contributed by atoms with Gasteiger partial charge in [-0.25, -0.2) is 0 Å². The molecule has 0 aliphatic carbocycles. The zero-order valence-corrected chi connectivity index (χ0v) is 15.7. The second kappa shape index (κ2) is 8.07. The molecule has 3 rings (SSSR count). The summed E-state index contributed by atoms with van der Waals surface area (Å²) in [6.07, 6.45) is 3.66. The molecular formula is C19H22AsN3O.